The largest absolute Gasteiger partial charge is 0.355 e. The van der Waals surface area contributed by atoms with E-state index in [1.54, 1.807) is 0 Å². The number of rotatable bonds is 0. The predicted molar refractivity (Wildman–Crippen MR) is 37.6 cm³/mol. The minimum atomic E-state index is 0.529. The highest BCUT2D eigenvalue weighted by Crippen LogP contribution is 2.29. The van der Waals surface area contributed by atoms with Crippen molar-refractivity contribution >= 4 is 0 Å². The molecule has 10 heavy (non-hydrogen) atoms. The van der Waals surface area contributed by atoms with Gasteiger partial charge in [-0.05, 0) is 12.8 Å². The third-order valence-corrected chi connectivity index (χ3v) is 2.54. The van der Waals surface area contributed by atoms with Gasteiger partial charge in [0, 0.05) is 5.92 Å². The average Bonchev–Trinajstić information content (AvgIpc) is 2.05. The molecule has 0 N–H and O–H groups in total. The molecular weight excluding hydrogens is 128 g/mol. The van der Waals surface area contributed by atoms with Gasteiger partial charge in [0.2, 0.25) is 0 Å². The summed E-state index contributed by atoms with van der Waals surface area (Å²) >= 11 is 0. The Morgan fingerprint density at radius 2 is 2.00 bits per heavy atom. The van der Waals surface area contributed by atoms with Gasteiger partial charge < -0.3 is 9.47 Å². The highest BCUT2D eigenvalue weighted by atomic mass is 16.7. The molecular formula is C8H14O2. The van der Waals surface area contributed by atoms with Gasteiger partial charge in [0.05, 0.1) is 12.7 Å². The van der Waals surface area contributed by atoms with Gasteiger partial charge in [-0.1, -0.05) is 12.8 Å². The van der Waals surface area contributed by atoms with Crippen LogP contribution in [0.2, 0.25) is 0 Å². The summed E-state index contributed by atoms with van der Waals surface area (Å²) in [5, 5.41) is 0. The van der Waals surface area contributed by atoms with Crippen molar-refractivity contribution in [1.82, 2.24) is 0 Å². The van der Waals surface area contributed by atoms with E-state index in [1.807, 2.05) is 0 Å². The third-order valence-electron chi connectivity index (χ3n) is 2.54. The van der Waals surface area contributed by atoms with Crippen LogP contribution in [0, 0.1) is 5.92 Å². The van der Waals surface area contributed by atoms with Gasteiger partial charge in [-0.15, -0.1) is 0 Å². The lowest BCUT2D eigenvalue weighted by Gasteiger charge is -2.34. The molecule has 1 saturated carbocycles. The second kappa shape index (κ2) is 2.89. The predicted octanol–water partition coefficient (Wildman–Crippen LogP) is 1.55. The number of hydrogen-bond donors (Lipinski definition) is 0. The van der Waals surface area contributed by atoms with Crippen LogP contribution in [0.4, 0.5) is 0 Å². The van der Waals surface area contributed by atoms with E-state index in [-0.39, 0.29) is 0 Å². The third kappa shape index (κ3) is 1.18. The molecule has 0 unspecified atom stereocenters. The topological polar surface area (TPSA) is 18.5 Å². The smallest absolute Gasteiger partial charge is 0.147 e. The number of ether oxygens (including phenoxy) is 2. The zero-order chi connectivity index (χ0) is 6.81. The van der Waals surface area contributed by atoms with Crippen molar-refractivity contribution in [3.63, 3.8) is 0 Å². The normalized spacial score (nSPS) is 40.8. The van der Waals surface area contributed by atoms with Crippen LogP contribution < -0.4 is 0 Å². The maximum Gasteiger partial charge on any atom is 0.147 e. The van der Waals surface area contributed by atoms with Crippen LogP contribution in [-0.4, -0.2) is 19.5 Å². The van der Waals surface area contributed by atoms with Crippen molar-refractivity contribution in [2.24, 2.45) is 5.92 Å². The maximum absolute atomic E-state index is 5.46. The van der Waals surface area contributed by atoms with Crippen molar-refractivity contribution in [2.45, 2.75) is 31.8 Å². The van der Waals surface area contributed by atoms with Gasteiger partial charge in [0.1, 0.15) is 6.79 Å². The molecule has 58 valence electrons. The van der Waals surface area contributed by atoms with Gasteiger partial charge >= 0.3 is 0 Å². The molecule has 1 aliphatic heterocycles. The Morgan fingerprint density at radius 3 is 2.90 bits per heavy atom. The molecule has 1 aliphatic carbocycles. The average molecular weight is 142 g/mol. The van der Waals surface area contributed by atoms with Crippen molar-refractivity contribution in [1.29, 1.82) is 0 Å². The van der Waals surface area contributed by atoms with Crippen molar-refractivity contribution in [3.8, 4) is 0 Å². The van der Waals surface area contributed by atoms with Crippen LogP contribution >= 0.6 is 0 Å². The van der Waals surface area contributed by atoms with Crippen LogP contribution in [-0.2, 0) is 9.47 Å². The first-order valence-electron chi connectivity index (χ1n) is 4.16. The Bertz CT molecular complexity index is 87.8. The molecule has 0 radical (unpaired) electrons. The molecule has 2 rings (SSSR count). The summed E-state index contributed by atoms with van der Waals surface area (Å²) in [6.45, 7) is 1.46. The van der Waals surface area contributed by atoms with Gasteiger partial charge in [-0.2, -0.15) is 0 Å². The van der Waals surface area contributed by atoms with Crippen LogP contribution in [0.1, 0.15) is 25.7 Å². The second-order valence-electron chi connectivity index (χ2n) is 3.24. The lowest BCUT2D eigenvalue weighted by atomic mass is 9.87. The molecule has 0 aromatic carbocycles. The number of hydrogen-bond acceptors (Lipinski definition) is 2. The summed E-state index contributed by atoms with van der Waals surface area (Å²) in [7, 11) is 0. The molecule has 0 aromatic heterocycles. The molecule has 0 amide bonds. The Morgan fingerprint density at radius 1 is 1.10 bits per heavy atom. The van der Waals surface area contributed by atoms with Crippen LogP contribution in [0.15, 0.2) is 0 Å². The van der Waals surface area contributed by atoms with E-state index < -0.39 is 0 Å². The Kier molecular flexibility index (Phi) is 1.91. The molecule has 2 nitrogen and oxygen atoms in total. The van der Waals surface area contributed by atoms with Gasteiger partial charge in [-0.25, -0.2) is 0 Å². The summed E-state index contributed by atoms with van der Waals surface area (Å²) in [5.74, 6) is 0.711. The summed E-state index contributed by atoms with van der Waals surface area (Å²) in [6.07, 6.45) is 5.82. The molecule has 2 heteroatoms. The monoisotopic (exact) mass is 142 g/mol. The summed E-state index contributed by atoms with van der Waals surface area (Å²) < 4.78 is 10.7. The lowest BCUT2D eigenvalue weighted by molar-refractivity contribution is -0.179. The van der Waals surface area contributed by atoms with Crippen molar-refractivity contribution in [3.05, 3.63) is 0 Å². The summed E-state index contributed by atoms with van der Waals surface area (Å²) in [6, 6.07) is 0. The van der Waals surface area contributed by atoms with E-state index in [0.717, 1.165) is 6.61 Å². The molecule has 2 aliphatic rings. The molecule has 0 bridgehead atoms. The van der Waals surface area contributed by atoms with E-state index in [2.05, 4.69) is 0 Å². The minimum absolute atomic E-state index is 0.529. The van der Waals surface area contributed by atoms with E-state index in [0.29, 0.717) is 18.8 Å². The Labute approximate surface area is 61.5 Å². The van der Waals surface area contributed by atoms with Crippen molar-refractivity contribution < 1.29 is 9.47 Å². The van der Waals surface area contributed by atoms with E-state index in [9.17, 15) is 0 Å². The van der Waals surface area contributed by atoms with Crippen LogP contribution in [0.25, 0.3) is 0 Å². The first-order chi connectivity index (χ1) is 4.97. The zero-order valence-corrected chi connectivity index (χ0v) is 6.21. The minimum Gasteiger partial charge on any atom is -0.355 e. The van der Waals surface area contributed by atoms with Crippen LogP contribution in [0.5, 0.6) is 0 Å². The first-order valence-corrected chi connectivity index (χ1v) is 4.16. The Hall–Kier alpha value is -0.0800. The molecule has 1 heterocycles. The molecule has 0 spiro atoms. The zero-order valence-electron chi connectivity index (χ0n) is 6.21. The summed E-state index contributed by atoms with van der Waals surface area (Å²) in [4.78, 5) is 0. The van der Waals surface area contributed by atoms with Gasteiger partial charge in [0.25, 0.3) is 0 Å². The first kappa shape index (κ1) is 6.62. The highest BCUT2D eigenvalue weighted by molar-refractivity contribution is 4.76. The lowest BCUT2D eigenvalue weighted by Crippen LogP contribution is -2.36. The van der Waals surface area contributed by atoms with Crippen molar-refractivity contribution in [2.75, 3.05) is 13.4 Å². The van der Waals surface area contributed by atoms with Gasteiger partial charge in [-0.3, -0.25) is 0 Å². The fraction of sp³-hybridized carbons (Fsp3) is 1.00. The fourth-order valence-corrected chi connectivity index (χ4v) is 1.92. The van der Waals surface area contributed by atoms with E-state index in [1.165, 1.54) is 25.7 Å². The second-order valence-corrected chi connectivity index (χ2v) is 3.24. The quantitative estimate of drug-likeness (QED) is 0.511. The fourth-order valence-electron chi connectivity index (χ4n) is 1.92. The molecule has 0 aromatic rings. The molecule has 2 fully saturated rings. The van der Waals surface area contributed by atoms with E-state index >= 15 is 0 Å². The summed E-state index contributed by atoms with van der Waals surface area (Å²) in [5.41, 5.74) is 0. The maximum atomic E-state index is 5.46. The Balaban J connectivity index is 1.93. The van der Waals surface area contributed by atoms with E-state index in [4.69, 9.17) is 9.47 Å². The number of fused-ring (bicyclic) bond motifs is 1. The van der Waals surface area contributed by atoms with Crippen LogP contribution in [0.3, 0.4) is 0 Å². The van der Waals surface area contributed by atoms with Gasteiger partial charge in [0.15, 0.2) is 0 Å². The standard InChI is InChI=1S/C8H14O2/c1-2-4-8-7(3-1)5-9-6-10-8/h7-8H,1-6H2/t7-,8+/m1/s1. The highest BCUT2D eigenvalue weighted by Gasteiger charge is 2.28. The molecule has 2 atom stereocenters. The molecule has 1 saturated heterocycles. The SMILES string of the molecule is C1CC[C@@H]2OCOC[C@H]2C1.